The fourth-order valence-corrected chi connectivity index (χ4v) is 4.44. The molecule has 3 heterocycles. The summed E-state index contributed by atoms with van der Waals surface area (Å²) in [5.74, 6) is -2.22. The number of halogens is 4. The van der Waals surface area contributed by atoms with Crippen molar-refractivity contribution < 1.29 is 37.0 Å². The first kappa shape index (κ1) is 24.1. The van der Waals surface area contributed by atoms with E-state index in [9.17, 15) is 22.4 Å². The van der Waals surface area contributed by atoms with Crippen molar-refractivity contribution in [1.29, 1.82) is 0 Å². The Labute approximate surface area is 185 Å². The number of hydrogen-bond donors (Lipinski definition) is 2. The monoisotopic (exact) mass is 474 g/mol. The van der Waals surface area contributed by atoms with Gasteiger partial charge in [0.15, 0.2) is 0 Å². The number of hydrogen-bond acceptors (Lipinski definition) is 5. The number of carbonyl (C=O) groups excluding carboxylic acids is 1. The number of rotatable bonds is 5. The number of amides is 1. The summed E-state index contributed by atoms with van der Waals surface area (Å²) in [5, 5.41) is 13.9. The zero-order chi connectivity index (χ0) is 23.3. The molecular weight excluding hydrogens is 452 g/mol. The Balaban J connectivity index is 0.000000360. The van der Waals surface area contributed by atoms with Crippen molar-refractivity contribution in [3.05, 3.63) is 58.0 Å². The number of fused-ring (bicyclic) bond motifs is 1. The van der Waals surface area contributed by atoms with E-state index < -0.39 is 12.1 Å². The van der Waals surface area contributed by atoms with Gasteiger partial charge in [0.1, 0.15) is 5.82 Å². The minimum Gasteiger partial charge on any atom is -0.475 e. The van der Waals surface area contributed by atoms with Gasteiger partial charge in [-0.25, -0.2) is 9.18 Å². The molecule has 2 aliphatic heterocycles. The number of benzene rings is 1. The maximum atomic E-state index is 13.8. The predicted molar refractivity (Wildman–Crippen MR) is 109 cm³/mol. The summed E-state index contributed by atoms with van der Waals surface area (Å²) >= 11 is 1.52. The number of carboxylic acids is 1. The number of ether oxygens (including phenoxy) is 1. The largest absolute Gasteiger partial charge is 0.490 e. The van der Waals surface area contributed by atoms with Gasteiger partial charge in [0.05, 0.1) is 12.7 Å². The first-order valence-corrected chi connectivity index (χ1v) is 10.8. The van der Waals surface area contributed by atoms with Gasteiger partial charge >= 0.3 is 12.1 Å². The number of carbonyl (C=O) groups is 2. The summed E-state index contributed by atoms with van der Waals surface area (Å²) < 4.78 is 51.5. The molecule has 2 N–H and O–H groups in total. The number of carboxylic acid groups (broad SMARTS) is 1. The van der Waals surface area contributed by atoms with Crippen LogP contribution in [-0.4, -0.2) is 60.4 Å². The minimum absolute atomic E-state index is 0.0223. The highest BCUT2D eigenvalue weighted by molar-refractivity contribution is 7.08. The molecular formula is C21H22F4N2O4S. The minimum atomic E-state index is -5.08. The van der Waals surface area contributed by atoms with Crippen molar-refractivity contribution in [2.24, 2.45) is 11.8 Å². The van der Waals surface area contributed by atoms with Gasteiger partial charge in [-0.1, -0.05) is 18.2 Å². The summed E-state index contributed by atoms with van der Waals surface area (Å²) in [6.07, 6.45) is -4.89. The number of likely N-dealkylation sites (tertiary alicyclic amines) is 1. The van der Waals surface area contributed by atoms with Gasteiger partial charge < -0.3 is 15.2 Å². The number of thiophene rings is 1. The second-order valence-electron chi connectivity index (χ2n) is 7.61. The topological polar surface area (TPSA) is 78.9 Å². The lowest BCUT2D eigenvalue weighted by atomic mass is 9.93. The molecule has 2 fully saturated rings. The van der Waals surface area contributed by atoms with Gasteiger partial charge in [0, 0.05) is 54.5 Å². The van der Waals surface area contributed by atoms with E-state index in [0.717, 1.165) is 18.7 Å². The van der Waals surface area contributed by atoms with Crippen molar-refractivity contribution >= 4 is 23.2 Å². The van der Waals surface area contributed by atoms with E-state index in [2.05, 4.69) is 10.2 Å². The molecule has 1 aromatic carbocycles. The molecule has 174 valence electrons. The van der Waals surface area contributed by atoms with Gasteiger partial charge in [0.2, 0.25) is 0 Å². The van der Waals surface area contributed by atoms with Crippen molar-refractivity contribution in [3.63, 3.8) is 0 Å². The molecule has 1 amide bonds. The predicted octanol–water partition coefficient (Wildman–Crippen LogP) is 3.40. The molecule has 2 aromatic rings. The molecule has 6 nitrogen and oxygen atoms in total. The van der Waals surface area contributed by atoms with Gasteiger partial charge in [-0.15, -0.1) is 0 Å². The Morgan fingerprint density at radius 2 is 1.94 bits per heavy atom. The van der Waals surface area contributed by atoms with Crippen LogP contribution in [0.5, 0.6) is 0 Å². The molecule has 0 spiro atoms. The van der Waals surface area contributed by atoms with Crippen LogP contribution in [0.3, 0.4) is 0 Å². The Morgan fingerprint density at radius 1 is 1.22 bits per heavy atom. The molecule has 0 unspecified atom stereocenters. The number of aliphatic carboxylic acids is 1. The van der Waals surface area contributed by atoms with E-state index in [1.54, 1.807) is 6.07 Å². The smallest absolute Gasteiger partial charge is 0.475 e. The second-order valence-corrected chi connectivity index (χ2v) is 8.39. The van der Waals surface area contributed by atoms with Gasteiger partial charge in [0.25, 0.3) is 5.91 Å². The average molecular weight is 474 g/mol. The Bertz CT molecular complexity index is 923. The summed E-state index contributed by atoms with van der Waals surface area (Å²) in [6, 6.07) is 8.76. The summed E-state index contributed by atoms with van der Waals surface area (Å²) in [6.45, 7) is 3.64. The highest BCUT2D eigenvalue weighted by atomic mass is 32.1. The maximum Gasteiger partial charge on any atom is 0.490 e. The third kappa shape index (κ3) is 6.27. The second kappa shape index (κ2) is 10.4. The average Bonchev–Trinajstić information content (AvgIpc) is 3.46. The molecule has 0 radical (unpaired) electrons. The zero-order valence-corrected chi connectivity index (χ0v) is 17.7. The lowest BCUT2D eigenvalue weighted by molar-refractivity contribution is -0.192. The zero-order valence-electron chi connectivity index (χ0n) is 16.8. The Morgan fingerprint density at radius 3 is 2.56 bits per heavy atom. The molecule has 4 rings (SSSR count). The molecule has 32 heavy (non-hydrogen) atoms. The van der Waals surface area contributed by atoms with Crippen LogP contribution in [0.2, 0.25) is 0 Å². The normalized spacial score (nSPS) is 22.7. The first-order chi connectivity index (χ1) is 15.1. The van der Waals surface area contributed by atoms with E-state index in [4.69, 9.17) is 14.6 Å². The number of nitrogens with one attached hydrogen (secondary N) is 1. The maximum absolute atomic E-state index is 13.8. The van der Waals surface area contributed by atoms with Crippen molar-refractivity contribution in [2.45, 2.75) is 18.8 Å². The number of alkyl halides is 3. The van der Waals surface area contributed by atoms with E-state index in [1.165, 1.54) is 17.4 Å². The van der Waals surface area contributed by atoms with E-state index >= 15 is 0 Å². The Kier molecular flexibility index (Phi) is 7.86. The van der Waals surface area contributed by atoms with Crippen LogP contribution in [0.25, 0.3) is 0 Å². The summed E-state index contributed by atoms with van der Waals surface area (Å²) in [4.78, 5) is 23.2. The fraction of sp³-hybridized carbons (Fsp3) is 0.429. The van der Waals surface area contributed by atoms with E-state index in [-0.39, 0.29) is 17.8 Å². The van der Waals surface area contributed by atoms with Crippen LogP contribution >= 0.6 is 11.3 Å². The quantitative estimate of drug-likeness (QED) is 0.650. The van der Waals surface area contributed by atoms with Gasteiger partial charge in [-0.3, -0.25) is 9.69 Å². The van der Waals surface area contributed by atoms with Crippen LogP contribution in [0.4, 0.5) is 17.6 Å². The molecule has 2 saturated heterocycles. The third-order valence-corrected chi connectivity index (χ3v) is 6.10. The lowest BCUT2D eigenvalue weighted by Gasteiger charge is -2.20. The van der Waals surface area contributed by atoms with E-state index in [1.807, 2.05) is 29.0 Å². The number of nitrogens with zero attached hydrogens (tertiary/aromatic N) is 1. The first-order valence-electron chi connectivity index (χ1n) is 9.83. The molecule has 3 atom stereocenters. The Hall–Kier alpha value is -2.50. The van der Waals surface area contributed by atoms with Crippen LogP contribution in [0.15, 0.2) is 41.1 Å². The summed E-state index contributed by atoms with van der Waals surface area (Å²) in [7, 11) is 0. The molecule has 2 aliphatic rings. The molecule has 11 heteroatoms. The van der Waals surface area contributed by atoms with Crippen LogP contribution in [0, 0.1) is 17.7 Å². The molecule has 1 aromatic heterocycles. The van der Waals surface area contributed by atoms with Gasteiger partial charge in [-0.2, -0.15) is 24.5 Å². The lowest BCUT2D eigenvalue weighted by Crippen LogP contribution is -2.34. The van der Waals surface area contributed by atoms with Crippen LogP contribution in [0.1, 0.15) is 15.9 Å². The standard InChI is InChI=1S/C19H21FN2O2S.C2HF3O2/c20-17-4-2-1-3-13(17)8-22-9-16-15(11-24-18(16)10-22)7-21-19(23)14-5-6-25-12-14;3-2(4,5)1(6)7/h1-6,12,15-16,18H,7-11H2,(H,21,23);(H,6,7)/t15-,16+,18+;/m0./s1. The molecule has 0 bridgehead atoms. The SMILES string of the molecule is O=C(NC[C@H]1CO[C@@H]2CN(Cc3ccccc3F)C[C@H]12)c1ccsc1.O=C(O)C(F)(F)F. The van der Waals surface area contributed by atoms with E-state index in [0.29, 0.717) is 37.1 Å². The molecule has 0 saturated carbocycles. The highest BCUT2D eigenvalue weighted by Crippen LogP contribution is 2.34. The third-order valence-electron chi connectivity index (χ3n) is 5.42. The van der Waals surface area contributed by atoms with Gasteiger partial charge in [-0.05, 0) is 17.5 Å². The van der Waals surface area contributed by atoms with Crippen molar-refractivity contribution in [3.8, 4) is 0 Å². The summed E-state index contributed by atoms with van der Waals surface area (Å²) in [5.41, 5.74) is 1.44. The van der Waals surface area contributed by atoms with Crippen molar-refractivity contribution in [2.75, 3.05) is 26.2 Å². The molecule has 0 aliphatic carbocycles. The highest BCUT2D eigenvalue weighted by Gasteiger charge is 2.43. The van der Waals surface area contributed by atoms with Crippen molar-refractivity contribution in [1.82, 2.24) is 10.2 Å². The van der Waals surface area contributed by atoms with Crippen LogP contribution < -0.4 is 5.32 Å². The van der Waals surface area contributed by atoms with Crippen LogP contribution in [-0.2, 0) is 16.1 Å². The fourth-order valence-electron chi connectivity index (χ4n) is 3.81.